The van der Waals surface area contributed by atoms with E-state index in [2.05, 4.69) is 20.9 Å². The van der Waals surface area contributed by atoms with Crippen molar-refractivity contribution in [1.82, 2.24) is 20.9 Å². The van der Waals surface area contributed by atoms with Crippen LogP contribution >= 0.6 is 0 Å². The number of carbonyl (C=O) groups is 2. The number of sulfonamides is 1. The minimum Gasteiger partial charge on any atom is -0.390 e. The predicted molar refractivity (Wildman–Crippen MR) is 183 cm³/mol. The number of likely N-dealkylation sites (tertiary alicyclic amines) is 1. The summed E-state index contributed by atoms with van der Waals surface area (Å²) in [6.45, 7) is 5.95. The van der Waals surface area contributed by atoms with Crippen LogP contribution in [0.2, 0.25) is 0 Å². The Balaban J connectivity index is 1.53. The van der Waals surface area contributed by atoms with Crippen LogP contribution in [0.3, 0.4) is 0 Å². The smallest absolute Gasteiger partial charge is 0.251 e. The maximum absolute atomic E-state index is 13.8. The highest BCUT2D eigenvalue weighted by atomic mass is 32.2. The van der Waals surface area contributed by atoms with Gasteiger partial charge in [0.1, 0.15) is 0 Å². The lowest BCUT2D eigenvalue weighted by Crippen LogP contribution is -2.49. The molecule has 1 aliphatic heterocycles. The van der Waals surface area contributed by atoms with Gasteiger partial charge in [0, 0.05) is 37.8 Å². The minimum atomic E-state index is -3.69. The van der Waals surface area contributed by atoms with Crippen molar-refractivity contribution in [3.05, 3.63) is 101 Å². The number of hydrogen-bond donors (Lipinski definition) is 4. The lowest BCUT2D eigenvalue weighted by atomic mass is 10.00. The van der Waals surface area contributed by atoms with E-state index in [1.807, 2.05) is 67.6 Å². The lowest BCUT2D eigenvalue weighted by Gasteiger charge is -2.28. The van der Waals surface area contributed by atoms with Gasteiger partial charge in [0.25, 0.3) is 11.8 Å². The van der Waals surface area contributed by atoms with Crippen LogP contribution in [0.1, 0.15) is 64.1 Å². The molecule has 0 radical (unpaired) electrons. The van der Waals surface area contributed by atoms with Gasteiger partial charge in [-0.2, -0.15) is 0 Å². The number of rotatable bonds is 15. The Morgan fingerprint density at radius 1 is 0.891 bits per heavy atom. The summed E-state index contributed by atoms with van der Waals surface area (Å²) in [5, 5.41) is 20.5. The summed E-state index contributed by atoms with van der Waals surface area (Å²) in [5.41, 5.74) is 2.27. The number of carbonyl (C=O) groups excluding carboxylic acids is 2. The zero-order valence-electron chi connectivity index (χ0n) is 27.0. The van der Waals surface area contributed by atoms with Crippen molar-refractivity contribution in [2.45, 2.75) is 50.8 Å². The summed E-state index contributed by atoms with van der Waals surface area (Å²) in [7, 11) is -2.31. The summed E-state index contributed by atoms with van der Waals surface area (Å²) < 4.78 is 25.9. The number of anilines is 1. The number of piperidine rings is 1. The van der Waals surface area contributed by atoms with Crippen molar-refractivity contribution in [3.8, 4) is 0 Å². The van der Waals surface area contributed by atoms with E-state index in [0.29, 0.717) is 6.42 Å². The van der Waals surface area contributed by atoms with E-state index in [9.17, 15) is 23.1 Å². The van der Waals surface area contributed by atoms with Crippen molar-refractivity contribution < 1.29 is 23.1 Å². The fourth-order valence-corrected chi connectivity index (χ4v) is 6.06. The number of aliphatic hydroxyl groups is 1. The third kappa shape index (κ3) is 10.4. The molecular formula is C35H47N5O5S. The molecule has 3 atom stereocenters. The van der Waals surface area contributed by atoms with Crippen LogP contribution in [0.4, 0.5) is 5.69 Å². The molecule has 0 aromatic heterocycles. The van der Waals surface area contributed by atoms with Crippen LogP contribution in [-0.2, 0) is 16.4 Å². The molecule has 0 aliphatic carbocycles. The number of hydrogen-bond acceptors (Lipinski definition) is 7. The topological polar surface area (TPSA) is 131 Å². The van der Waals surface area contributed by atoms with Crippen LogP contribution in [-0.4, -0.2) is 88.4 Å². The maximum atomic E-state index is 13.8. The zero-order valence-corrected chi connectivity index (χ0v) is 27.8. The highest BCUT2D eigenvalue weighted by Gasteiger charge is 2.25. The number of benzene rings is 3. The number of amides is 2. The summed E-state index contributed by atoms with van der Waals surface area (Å²) in [4.78, 5) is 29.6. The molecule has 2 amide bonds. The average molecular weight is 650 g/mol. The molecule has 0 bridgehead atoms. The van der Waals surface area contributed by atoms with Crippen molar-refractivity contribution in [1.29, 1.82) is 0 Å². The normalized spacial score (nSPS) is 15.8. The Labute approximate surface area is 273 Å². The van der Waals surface area contributed by atoms with E-state index < -0.39 is 34.0 Å². The largest absolute Gasteiger partial charge is 0.390 e. The third-order valence-corrected chi connectivity index (χ3v) is 9.64. The second-order valence-corrected chi connectivity index (χ2v) is 14.1. The highest BCUT2D eigenvalue weighted by Crippen LogP contribution is 2.22. The van der Waals surface area contributed by atoms with Gasteiger partial charge in [-0.05, 0) is 68.6 Å². The average Bonchev–Trinajstić information content (AvgIpc) is 3.06. The first kappa shape index (κ1) is 35.1. The molecule has 10 nitrogen and oxygen atoms in total. The molecule has 1 fully saturated rings. The minimum absolute atomic E-state index is 0.105. The quantitative estimate of drug-likeness (QED) is 0.186. The summed E-state index contributed by atoms with van der Waals surface area (Å²) in [6, 6.07) is 22.4. The predicted octanol–water partition coefficient (Wildman–Crippen LogP) is 3.35. The highest BCUT2D eigenvalue weighted by molar-refractivity contribution is 7.92. The third-order valence-electron chi connectivity index (χ3n) is 8.44. The Bertz CT molecular complexity index is 1530. The molecule has 3 aromatic rings. The van der Waals surface area contributed by atoms with Gasteiger partial charge >= 0.3 is 0 Å². The Kier molecular flexibility index (Phi) is 12.7. The first-order valence-electron chi connectivity index (χ1n) is 15.9. The SMILES string of the molecule is C[C@@H](NC(=O)c1cc(C(=O)N[C@@H](Cc2ccccc2)[C@H](O)CNCCN2CCCCC2)cc(N(C)S(C)(=O)=O)c1)c1ccccc1. The standard InChI is InChI=1S/C35H47N5O5S/c1-26(28-15-9-5-10-16-28)37-34(42)29-22-30(24-31(23-29)39(2)46(3,44)45)35(43)38-32(21-27-13-7-4-8-14-27)33(41)25-36-17-20-40-18-11-6-12-19-40/h4-5,7-10,13-16,22-24,26,32-33,36,41H,6,11-12,17-21,25H2,1-3H3,(H,37,42)(H,38,43)/t26-,32+,33-/m1/s1. The van der Waals surface area contributed by atoms with Crippen molar-refractivity contribution in [2.24, 2.45) is 0 Å². The van der Waals surface area contributed by atoms with Crippen LogP contribution < -0.4 is 20.3 Å². The molecule has 0 spiro atoms. The number of nitrogens with one attached hydrogen (secondary N) is 3. The Morgan fingerprint density at radius 2 is 1.48 bits per heavy atom. The molecule has 1 saturated heterocycles. The Hall–Kier alpha value is -3.77. The molecule has 11 heteroatoms. The first-order valence-corrected chi connectivity index (χ1v) is 17.8. The van der Waals surface area contributed by atoms with E-state index in [1.165, 1.54) is 44.5 Å². The number of nitrogens with zero attached hydrogens (tertiary/aromatic N) is 2. The molecular weight excluding hydrogens is 602 g/mol. The first-order chi connectivity index (χ1) is 22.0. The van der Waals surface area contributed by atoms with Gasteiger partial charge < -0.3 is 26.0 Å². The second-order valence-electron chi connectivity index (χ2n) is 12.0. The molecule has 1 heterocycles. The van der Waals surface area contributed by atoms with Gasteiger partial charge in [-0.3, -0.25) is 13.9 Å². The van der Waals surface area contributed by atoms with Crippen molar-refractivity contribution >= 4 is 27.5 Å². The van der Waals surface area contributed by atoms with E-state index in [-0.39, 0.29) is 29.4 Å². The van der Waals surface area contributed by atoms with Crippen LogP contribution in [0.15, 0.2) is 78.9 Å². The van der Waals surface area contributed by atoms with E-state index in [1.54, 1.807) is 0 Å². The lowest BCUT2D eigenvalue weighted by molar-refractivity contribution is 0.0828. The molecule has 0 saturated carbocycles. The van der Waals surface area contributed by atoms with E-state index in [0.717, 1.165) is 47.9 Å². The molecule has 1 aliphatic rings. The van der Waals surface area contributed by atoms with Gasteiger partial charge in [-0.15, -0.1) is 0 Å². The maximum Gasteiger partial charge on any atom is 0.251 e. The van der Waals surface area contributed by atoms with Gasteiger partial charge in [0.05, 0.1) is 30.1 Å². The zero-order chi connectivity index (χ0) is 33.1. The second kappa shape index (κ2) is 16.7. The molecule has 3 aromatic carbocycles. The summed E-state index contributed by atoms with van der Waals surface area (Å²) >= 11 is 0. The van der Waals surface area contributed by atoms with Crippen molar-refractivity contribution in [2.75, 3.05) is 50.3 Å². The fourth-order valence-electron chi connectivity index (χ4n) is 5.57. The Morgan fingerprint density at radius 3 is 2.09 bits per heavy atom. The molecule has 4 N–H and O–H groups in total. The molecule has 46 heavy (non-hydrogen) atoms. The van der Waals surface area contributed by atoms with Crippen LogP contribution in [0.25, 0.3) is 0 Å². The van der Waals surface area contributed by atoms with Gasteiger partial charge in [-0.25, -0.2) is 8.42 Å². The number of aliphatic hydroxyl groups excluding tert-OH is 1. The van der Waals surface area contributed by atoms with E-state index >= 15 is 0 Å². The van der Waals surface area contributed by atoms with Crippen LogP contribution in [0, 0.1) is 0 Å². The van der Waals surface area contributed by atoms with Crippen molar-refractivity contribution in [3.63, 3.8) is 0 Å². The van der Waals surface area contributed by atoms with Crippen LogP contribution in [0.5, 0.6) is 0 Å². The van der Waals surface area contributed by atoms with Gasteiger partial charge in [0.2, 0.25) is 10.0 Å². The summed E-state index contributed by atoms with van der Waals surface area (Å²) in [5.74, 6) is -0.977. The summed E-state index contributed by atoms with van der Waals surface area (Å²) in [6.07, 6.45) is 4.24. The molecule has 4 rings (SSSR count). The fraction of sp³-hybridized carbons (Fsp3) is 0.429. The monoisotopic (exact) mass is 649 g/mol. The van der Waals surface area contributed by atoms with Gasteiger partial charge in [0.15, 0.2) is 0 Å². The molecule has 0 unspecified atom stereocenters. The van der Waals surface area contributed by atoms with E-state index in [4.69, 9.17) is 0 Å². The molecule has 248 valence electrons. The van der Waals surface area contributed by atoms with Gasteiger partial charge in [-0.1, -0.05) is 67.1 Å².